The van der Waals surface area contributed by atoms with E-state index in [1.165, 1.54) is 25.1 Å². The lowest BCUT2D eigenvalue weighted by atomic mass is 10.1. The lowest BCUT2D eigenvalue weighted by Crippen LogP contribution is -2.25. The molecule has 0 spiro atoms. The molecule has 1 amide bonds. The van der Waals surface area contributed by atoms with Crippen molar-refractivity contribution in [2.75, 3.05) is 11.6 Å². The van der Waals surface area contributed by atoms with Gasteiger partial charge in [-0.1, -0.05) is 37.0 Å². The number of benzene rings is 2. The fraction of sp³-hybridized carbons (Fsp3) is 0.238. The Morgan fingerprint density at radius 2 is 1.59 bits per heavy atom. The van der Waals surface area contributed by atoms with Crippen molar-refractivity contribution in [1.82, 2.24) is 0 Å². The second-order valence-electron chi connectivity index (χ2n) is 7.29. The van der Waals surface area contributed by atoms with Gasteiger partial charge in [0.1, 0.15) is 11.4 Å². The molecule has 0 bridgehead atoms. The Morgan fingerprint density at radius 1 is 1.03 bits per heavy atom. The van der Waals surface area contributed by atoms with Crippen molar-refractivity contribution in [1.29, 1.82) is 0 Å². The quantitative estimate of drug-likeness (QED) is 0.206. The summed E-state index contributed by atoms with van der Waals surface area (Å²) >= 11 is 12.3. The molecule has 0 N–H and O–H groups in total. The third kappa shape index (κ3) is 4.31. The maximum atomic E-state index is 14.2. The van der Waals surface area contributed by atoms with E-state index in [2.05, 4.69) is 5.10 Å². The molecule has 0 saturated heterocycles. The van der Waals surface area contributed by atoms with Gasteiger partial charge in [0, 0.05) is 10.6 Å². The Bertz CT molecular complexity index is 1150. The van der Waals surface area contributed by atoms with Gasteiger partial charge in [0.05, 0.1) is 22.9 Å². The summed E-state index contributed by atoms with van der Waals surface area (Å²) in [5, 5.41) is 4.18. The Balaban J connectivity index is 2.10. The zero-order valence-electron chi connectivity index (χ0n) is 16.9. The molecule has 0 aromatic heterocycles. The zero-order valence-corrected chi connectivity index (χ0v) is 18.4. The van der Waals surface area contributed by atoms with Gasteiger partial charge in [0.2, 0.25) is 5.82 Å². The van der Waals surface area contributed by atoms with Gasteiger partial charge in [-0.2, -0.15) is 10.1 Å². The van der Waals surface area contributed by atoms with E-state index in [0.29, 0.717) is 0 Å². The monoisotopic (exact) mass is 492 g/mol. The Kier molecular flexibility index (Phi) is 6.80. The van der Waals surface area contributed by atoms with Crippen molar-refractivity contribution in [2.24, 2.45) is 11.0 Å². The number of halogens is 7. The summed E-state index contributed by atoms with van der Waals surface area (Å²) in [4.78, 5) is 12.8. The van der Waals surface area contributed by atoms with Gasteiger partial charge in [-0.15, -0.1) is 0 Å². The zero-order chi connectivity index (χ0) is 23.9. The standard InChI is InChI=1S/C21H15Cl2F5N2O2/c1-8(2)7-32-20-10(4-11(22)6-13(20)23)5-12-9(3)29-30(21(12)31)19-17(27)15(25)14(24)16(26)18(19)28/h4-6,8H,7H2,1-3H3/b12-5-. The summed E-state index contributed by atoms with van der Waals surface area (Å²) in [7, 11) is 0. The van der Waals surface area contributed by atoms with E-state index < -0.39 is 40.7 Å². The summed E-state index contributed by atoms with van der Waals surface area (Å²) < 4.78 is 74.7. The second kappa shape index (κ2) is 9.07. The third-order valence-corrected chi connectivity index (χ3v) is 4.86. The SMILES string of the molecule is CC1=NN(c2c(F)c(F)c(F)c(F)c2F)C(=O)/C1=C\c1cc(Cl)cc(Cl)c1OCC(C)C. The van der Waals surface area contributed by atoms with Crippen molar-refractivity contribution in [3.05, 3.63) is 62.4 Å². The molecule has 11 heteroatoms. The summed E-state index contributed by atoms with van der Waals surface area (Å²) in [6.45, 7) is 5.42. The number of hydrogen-bond donors (Lipinski definition) is 0. The molecule has 32 heavy (non-hydrogen) atoms. The highest BCUT2D eigenvalue weighted by Crippen LogP contribution is 2.37. The Hall–Kier alpha value is -2.65. The van der Waals surface area contributed by atoms with E-state index in [4.69, 9.17) is 27.9 Å². The molecular weight excluding hydrogens is 478 g/mol. The Morgan fingerprint density at radius 3 is 2.16 bits per heavy atom. The first-order chi connectivity index (χ1) is 14.9. The number of carbonyl (C=O) groups excluding carboxylic acids is 1. The summed E-state index contributed by atoms with van der Waals surface area (Å²) in [5.41, 5.74) is -1.43. The molecule has 2 aromatic rings. The van der Waals surface area contributed by atoms with E-state index in [0.717, 1.165) is 0 Å². The minimum atomic E-state index is -2.34. The van der Waals surface area contributed by atoms with Crippen molar-refractivity contribution in [3.63, 3.8) is 0 Å². The van der Waals surface area contributed by atoms with Gasteiger partial charge in [0.25, 0.3) is 5.91 Å². The van der Waals surface area contributed by atoms with Crippen LogP contribution >= 0.6 is 23.2 Å². The van der Waals surface area contributed by atoms with E-state index in [9.17, 15) is 26.7 Å². The fourth-order valence-electron chi connectivity index (χ4n) is 2.86. The molecule has 0 unspecified atom stereocenters. The lowest BCUT2D eigenvalue weighted by Gasteiger charge is -2.15. The van der Waals surface area contributed by atoms with Crippen LogP contribution < -0.4 is 9.75 Å². The smallest absolute Gasteiger partial charge is 0.280 e. The average Bonchev–Trinajstić information content (AvgIpc) is 2.98. The van der Waals surface area contributed by atoms with Gasteiger partial charge >= 0.3 is 0 Å². The highest BCUT2D eigenvalue weighted by molar-refractivity contribution is 6.36. The first kappa shape index (κ1) is 24.0. The van der Waals surface area contributed by atoms with E-state index in [1.807, 2.05) is 13.8 Å². The number of anilines is 1. The molecule has 4 nitrogen and oxygen atoms in total. The van der Waals surface area contributed by atoms with Crippen LogP contribution in [-0.4, -0.2) is 18.2 Å². The van der Waals surface area contributed by atoms with Crippen LogP contribution in [0, 0.1) is 35.0 Å². The first-order valence-electron chi connectivity index (χ1n) is 9.19. The van der Waals surface area contributed by atoms with Gasteiger partial charge in [0.15, 0.2) is 23.3 Å². The van der Waals surface area contributed by atoms with Crippen molar-refractivity contribution in [2.45, 2.75) is 20.8 Å². The number of carbonyl (C=O) groups is 1. The third-order valence-electron chi connectivity index (χ3n) is 4.36. The molecule has 1 aliphatic heterocycles. The van der Waals surface area contributed by atoms with Crippen LogP contribution in [0.5, 0.6) is 5.75 Å². The minimum absolute atomic E-state index is 0.0372. The molecule has 1 heterocycles. The highest BCUT2D eigenvalue weighted by atomic mass is 35.5. The van der Waals surface area contributed by atoms with Gasteiger partial charge < -0.3 is 4.74 Å². The largest absolute Gasteiger partial charge is 0.491 e. The molecule has 0 aliphatic carbocycles. The molecule has 0 atom stereocenters. The predicted molar refractivity (Wildman–Crippen MR) is 112 cm³/mol. The van der Waals surface area contributed by atoms with Crippen LogP contribution in [0.15, 0.2) is 22.8 Å². The first-order valence-corrected chi connectivity index (χ1v) is 9.94. The molecule has 1 aliphatic rings. The molecule has 0 saturated carbocycles. The van der Waals surface area contributed by atoms with E-state index in [-0.39, 0.29) is 50.2 Å². The van der Waals surface area contributed by atoms with E-state index >= 15 is 0 Å². The maximum Gasteiger partial charge on any atom is 0.280 e. The molecule has 0 fully saturated rings. The number of hydrogen-bond acceptors (Lipinski definition) is 3. The molecule has 0 radical (unpaired) electrons. The van der Waals surface area contributed by atoms with Crippen molar-refractivity contribution in [3.8, 4) is 5.75 Å². The molecule has 170 valence electrons. The normalized spacial score (nSPS) is 15.2. The lowest BCUT2D eigenvalue weighted by molar-refractivity contribution is -0.114. The van der Waals surface area contributed by atoms with Crippen LogP contribution in [0.1, 0.15) is 26.3 Å². The van der Waals surface area contributed by atoms with Crippen LogP contribution in [-0.2, 0) is 4.79 Å². The number of hydrazone groups is 1. The van der Waals surface area contributed by atoms with Crippen LogP contribution in [0.3, 0.4) is 0 Å². The summed E-state index contributed by atoms with van der Waals surface area (Å²) in [6, 6.07) is 2.87. The van der Waals surface area contributed by atoms with Crippen LogP contribution in [0.25, 0.3) is 6.08 Å². The molecular formula is C21H15Cl2F5N2O2. The van der Waals surface area contributed by atoms with Crippen molar-refractivity contribution >= 4 is 46.6 Å². The van der Waals surface area contributed by atoms with Crippen LogP contribution in [0.4, 0.5) is 27.6 Å². The number of rotatable bonds is 5. The summed E-state index contributed by atoms with van der Waals surface area (Å²) in [6.07, 6.45) is 1.26. The van der Waals surface area contributed by atoms with Gasteiger partial charge in [-0.3, -0.25) is 4.79 Å². The molecule has 3 rings (SSSR count). The second-order valence-corrected chi connectivity index (χ2v) is 8.13. The molecule has 2 aromatic carbocycles. The fourth-order valence-corrected chi connectivity index (χ4v) is 3.42. The van der Waals surface area contributed by atoms with Gasteiger partial charge in [-0.25, -0.2) is 22.0 Å². The maximum absolute atomic E-state index is 14.2. The predicted octanol–water partition coefficient (Wildman–Crippen LogP) is 6.53. The number of ether oxygens (including phenoxy) is 1. The average molecular weight is 493 g/mol. The summed E-state index contributed by atoms with van der Waals surface area (Å²) in [5.74, 6) is -11.9. The van der Waals surface area contributed by atoms with Crippen LogP contribution in [0.2, 0.25) is 10.0 Å². The number of nitrogens with zero attached hydrogens (tertiary/aromatic N) is 2. The Labute approximate surface area is 189 Å². The van der Waals surface area contributed by atoms with E-state index in [1.54, 1.807) is 0 Å². The topological polar surface area (TPSA) is 41.9 Å². The number of amides is 1. The van der Waals surface area contributed by atoms with Crippen molar-refractivity contribution < 1.29 is 31.5 Å². The minimum Gasteiger partial charge on any atom is -0.491 e. The highest BCUT2D eigenvalue weighted by Gasteiger charge is 2.37. The van der Waals surface area contributed by atoms with Gasteiger partial charge in [-0.05, 0) is 31.1 Å².